The van der Waals surface area contributed by atoms with E-state index in [1.165, 1.54) is 0 Å². The third kappa shape index (κ3) is 4.27. The van der Waals surface area contributed by atoms with Crippen molar-refractivity contribution < 1.29 is 13.9 Å². The van der Waals surface area contributed by atoms with Gasteiger partial charge in [0.1, 0.15) is 0 Å². The monoisotopic (exact) mass is 273 g/mol. The van der Waals surface area contributed by atoms with Crippen molar-refractivity contribution in [2.75, 3.05) is 44.3 Å². The number of nitrogens with zero attached hydrogens (tertiary/aromatic N) is 3. The summed E-state index contributed by atoms with van der Waals surface area (Å²) in [4.78, 5) is 9.51. The molecule has 0 fully saturated rings. The number of hydrogen-bond acceptors (Lipinski definition) is 7. The Balaban J connectivity index is 3.00. The first-order valence-electron chi connectivity index (χ1n) is 5.87. The molecule has 0 saturated heterocycles. The standard InChI is InChI=1S/C11H20FN5O2/c1-8(7-19-3)17(4-5-18-2)10-9(12)6-14-11(15-10)16-13/h6,8H,4-5,7,13H2,1-3H3,(H,14,15,16). The summed E-state index contributed by atoms with van der Waals surface area (Å²) < 4.78 is 24.0. The van der Waals surface area contributed by atoms with Crippen molar-refractivity contribution in [3.63, 3.8) is 0 Å². The lowest BCUT2D eigenvalue weighted by atomic mass is 10.3. The van der Waals surface area contributed by atoms with Crippen molar-refractivity contribution in [2.24, 2.45) is 5.84 Å². The molecule has 0 saturated carbocycles. The molecule has 0 spiro atoms. The van der Waals surface area contributed by atoms with Crippen molar-refractivity contribution in [2.45, 2.75) is 13.0 Å². The fourth-order valence-corrected chi connectivity index (χ4v) is 1.68. The van der Waals surface area contributed by atoms with E-state index in [-0.39, 0.29) is 17.8 Å². The lowest BCUT2D eigenvalue weighted by Crippen LogP contribution is -2.40. The SMILES string of the molecule is COCCN(c1nc(NN)ncc1F)C(C)COC. The van der Waals surface area contributed by atoms with Gasteiger partial charge in [-0.25, -0.2) is 15.2 Å². The van der Waals surface area contributed by atoms with Crippen LogP contribution in [0, 0.1) is 5.82 Å². The van der Waals surface area contributed by atoms with Crippen LogP contribution >= 0.6 is 0 Å². The Morgan fingerprint density at radius 3 is 2.79 bits per heavy atom. The summed E-state index contributed by atoms with van der Waals surface area (Å²) in [5.74, 6) is 5.05. The highest BCUT2D eigenvalue weighted by atomic mass is 19.1. The van der Waals surface area contributed by atoms with Gasteiger partial charge in [0.25, 0.3) is 0 Å². The summed E-state index contributed by atoms with van der Waals surface area (Å²) in [6, 6.07) is -0.0600. The number of hydrazine groups is 1. The second kappa shape index (κ2) is 7.82. The maximum Gasteiger partial charge on any atom is 0.239 e. The first-order valence-corrected chi connectivity index (χ1v) is 5.87. The molecule has 0 aliphatic heterocycles. The molecule has 0 aliphatic rings. The Morgan fingerprint density at radius 2 is 2.21 bits per heavy atom. The largest absolute Gasteiger partial charge is 0.383 e. The summed E-state index contributed by atoms with van der Waals surface area (Å²) in [6.45, 7) is 3.29. The van der Waals surface area contributed by atoms with Crippen LogP contribution in [0.5, 0.6) is 0 Å². The van der Waals surface area contributed by atoms with Gasteiger partial charge >= 0.3 is 0 Å². The van der Waals surface area contributed by atoms with Crippen molar-refractivity contribution in [1.82, 2.24) is 9.97 Å². The maximum atomic E-state index is 13.9. The lowest BCUT2D eigenvalue weighted by Gasteiger charge is -2.29. The topological polar surface area (TPSA) is 85.5 Å². The van der Waals surface area contributed by atoms with E-state index >= 15 is 0 Å². The molecule has 7 nitrogen and oxygen atoms in total. The van der Waals surface area contributed by atoms with Gasteiger partial charge in [0.2, 0.25) is 5.95 Å². The zero-order valence-electron chi connectivity index (χ0n) is 11.4. The van der Waals surface area contributed by atoms with Crippen LogP contribution in [0.2, 0.25) is 0 Å². The van der Waals surface area contributed by atoms with Gasteiger partial charge in [0.15, 0.2) is 11.6 Å². The molecule has 19 heavy (non-hydrogen) atoms. The predicted octanol–water partition coefficient (Wildman–Crippen LogP) is 0.389. The molecule has 1 unspecified atom stereocenters. The number of hydrogen-bond donors (Lipinski definition) is 2. The predicted molar refractivity (Wildman–Crippen MR) is 70.4 cm³/mol. The highest BCUT2D eigenvalue weighted by Gasteiger charge is 2.20. The smallest absolute Gasteiger partial charge is 0.239 e. The zero-order valence-corrected chi connectivity index (χ0v) is 11.4. The lowest BCUT2D eigenvalue weighted by molar-refractivity contribution is 0.170. The Hall–Kier alpha value is -1.51. The molecule has 1 aromatic heterocycles. The molecule has 0 radical (unpaired) electrons. The van der Waals surface area contributed by atoms with Crippen LogP contribution in [0.25, 0.3) is 0 Å². The normalized spacial score (nSPS) is 12.3. The summed E-state index contributed by atoms with van der Waals surface area (Å²) in [7, 11) is 3.18. The van der Waals surface area contributed by atoms with Crippen molar-refractivity contribution in [3.8, 4) is 0 Å². The number of nitrogens with two attached hydrogens (primary N) is 1. The number of nitrogen functional groups attached to an aromatic ring is 1. The van der Waals surface area contributed by atoms with E-state index in [0.717, 1.165) is 6.20 Å². The number of halogens is 1. The van der Waals surface area contributed by atoms with Gasteiger partial charge in [-0.3, -0.25) is 5.43 Å². The molecule has 0 aromatic carbocycles. The van der Waals surface area contributed by atoms with E-state index in [1.54, 1.807) is 19.1 Å². The quantitative estimate of drug-likeness (QED) is 0.523. The van der Waals surface area contributed by atoms with E-state index in [1.807, 2.05) is 6.92 Å². The van der Waals surface area contributed by atoms with E-state index in [2.05, 4.69) is 15.4 Å². The van der Waals surface area contributed by atoms with Crippen LogP contribution in [-0.4, -0.2) is 50.0 Å². The minimum Gasteiger partial charge on any atom is -0.383 e. The van der Waals surface area contributed by atoms with Crippen molar-refractivity contribution >= 4 is 11.8 Å². The maximum absolute atomic E-state index is 13.9. The number of methoxy groups -OCH3 is 2. The summed E-state index contributed by atoms with van der Waals surface area (Å²) >= 11 is 0. The first-order chi connectivity index (χ1) is 9.13. The molecule has 1 aromatic rings. The minimum atomic E-state index is -0.516. The van der Waals surface area contributed by atoms with E-state index in [9.17, 15) is 4.39 Å². The van der Waals surface area contributed by atoms with E-state index in [0.29, 0.717) is 19.8 Å². The average Bonchev–Trinajstić information content (AvgIpc) is 2.41. The molecule has 1 heterocycles. The second-order valence-electron chi connectivity index (χ2n) is 4.00. The van der Waals surface area contributed by atoms with Gasteiger partial charge in [0, 0.05) is 20.8 Å². The van der Waals surface area contributed by atoms with Gasteiger partial charge in [-0.15, -0.1) is 0 Å². The van der Waals surface area contributed by atoms with Crippen LogP contribution in [0.3, 0.4) is 0 Å². The molecule has 0 aliphatic carbocycles. The molecule has 1 rings (SSSR count). The number of anilines is 2. The fraction of sp³-hybridized carbons (Fsp3) is 0.636. The van der Waals surface area contributed by atoms with Gasteiger partial charge in [-0.05, 0) is 6.92 Å². The fourth-order valence-electron chi connectivity index (χ4n) is 1.68. The van der Waals surface area contributed by atoms with Crippen LogP contribution < -0.4 is 16.2 Å². The Labute approximate surface area is 111 Å². The van der Waals surface area contributed by atoms with Crippen molar-refractivity contribution in [1.29, 1.82) is 0 Å². The third-order valence-electron chi connectivity index (χ3n) is 2.60. The molecule has 1 atom stereocenters. The number of rotatable bonds is 8. The molecule has 3 N–H and O–H groups in total. The van der Waals surface area contributed by atoms with E-state index in [4.69, 9.17) is 15.3 Å². The van der Waals surface area contributed by atoms with E-state index < -0.39 is 5.82 Å². The van der Waals surface area contributed by atoms with Gasteiger partial charge in [0.05, 0.1) is 25.5 Å². The highest BCUT2D eigenvalue weighted by molar-refractivity contribution is 5.44. The van der Waals surface area contributed by atoms with Crippen LogP contribution in [0.4, 0.5) is 16.2 Å². The average molecular weight is 273 g/mol. The molecule has 108 valence electrons. The third-order valence-corrected chi connectivity index (χ3v) is 2.60. The molecule has 8 heteroatoms. The van der Waals surface area contributed by atoms with Gasteiger partial charge in [-0.2, -0.15) is 4.98 Å². The van der Waals surface area contributed by atoms with Crippen LogP contribution in [0.1, 0.15) is 6.92 Å². The molecular formula is C11H20FN5O2. The molecule has 0 amide bonds. The van der Waals surface area contributed by atoms with Crippen molar-refractivity contribution in [3.05, 3.63) is 12.0 Å². The number of nitrogens with one attached hydrogen (secondary N) is 1. The Bertz CT molecular complexity index is 393. The van der Waals surface area contributed by atoms with Gasteiger partial charge in [-0.1, -0.05) is 0 Å². The van der Waals surface area contributed by atoms with Crippen LogP contribution in [-0.2, 0) is 9.47 Å². The number of ether oxygens (including phenoxy) is 2. The molecular weight excluding hydrogens is 253 g/mol. The summed E-state index contributed by atoms with van der Waals surface area (Å²) in [5.41, 5.74) is 2.30. The zero-order chi connectivity index (χ0) is 14.3. The summed E-state index contributed by atoms with van der Waals surface area (Å²) in [5, 5.41) is 0. The molecule has 0 bridgehead atoms. The second-order valence-corrected chi connectivity index (χ2v) is 4.00. The Morgan fingerprint density at radius 1 is 1.47 bits per heavy atom. The Kier molecular flexibility index (Phi) is 6.40. The van der Waals surface area contributed by atoms with Gasteiger partial charge < -0.3 is 14.4 Å². The van der Waals surface area contributed by atoms with Crippen LogP contribution in [0.15, 0.2) is 6.20 Å². The number of aromatic nitrogens is 2. The first kappa shape index (κ1) is 15.5. The minimum absolute atomic E-state index is 0.0600. The highest BCUT2D eigenvalue weighted by Crippen LogP contribution is 2.19. The summed E-state index contributed by atoms with van der Waals surface area (Å²) in [6.07, 6.45) is 1.08.